The molecule has 0 aliphatic carbocycles. The van der Waals surface area contributed by atoms with E-state index in [9.17, 15) is 17.6 Å². The zero-order valence-electron chi connectivity index (χ0n) is 16.6. The van der Waals surface area contributed by atoms with Crippen molar-refractivity contribution in [2.45, 2.75) is 39.1 Å². The molecule has 0 unspecified atom stereocenters. The highest BCUT2D eigenvalue weighted by molar-refractivity contribution is 7.89. The lowest BCUT2D eigenvalue weighted by Crippen LogP contribution is -2.50. The first-order valence-corrected chi connectivity index (χ1v) is 10.7. The van der Waals surface area contributed by atoms with E-state index in [4.69, 9.17) is 0 Å². The third-order valence-corrected chi connectivity index (χ3v) is 7.31. The average molecular weight is 408 g/mol. The van der Waals surface area contributed by atoms with Crippen molar-refractivity contribution >= 4 is 15.9 Å². The van der Waals surface area contributed by atoms with Crippen LogP contribution in [0.5, 0.6) is 0 Å². The zero-order valence-corrected chi connectivity index (χ0v) is 17.4. The Morgan fingerprint density at radius 1 is 1.14 bits per heavy atom. The van der Waals surface area contributed by atoms with Crippen LogP contribution in [0.2, 0.25) is 0 Å². The first-order chi connectivity index (χ1) is 13.2. The largest absolute Gasteiger partial charge is 0.336 e. The van der Waals surface area contributed by atoms with Gasteiger partial charge in [-0.3, -0.25) is 9.48 Å². The molecule has 152 valence electrons. The highest BCUT2D eigenvalue weighted by Gasteiger charge is 2.34. The molecule has 7 nitrogen and oxygen atoms in total. The quantitative estimate of drug-likeness (QED) is 0.777. The van der Waals surface area contributed by atoms with Crippen LogP contribution in [0.1, 0.15) is 34.2 Å². The molecule has 9 heteroatoms. The molecule has 1 amide bonds. The van der Waals surface area contributed by atoms with Crippen LogP contribution in [0, 0.1) is 26.6 Å². The molecule has 2 heterocycles. The Bertz CT molecular complexity index is 1010. The number of benzene rings is 1. The molecular weight excluding hydrogens is 383 g/mol. The summed E-state index contributed by atoms with van der Waals surface area (Å²) < 4.78 is 43.0. The molecule has 1 fully saturated rings. The lowest BCUT2D eigenvalue weighted by Gasteiger charge is -2.34. The summed E-state index contributed by atoms with van der Waals surface area (Å²) >= 11 is 0. The van der Waals surface area contributed by atoms with Crippen molar-refractivity contribution in [2.24, 2.45) is 0 Å². The van der Waals surface area contributed by atoms with E-state index in [1.165, 1.54) is 10.4 Å². The minimum atomic E-state index is -3.69. The lowest BCUT2D eigenvalue weighted by atomic mass is 10.1. The van der Waals surface area contributed by atoms with Crippen molar-refractivity contribution in [3.8, 4) is 0 Å². The van der Waals surface area contributed by atoms with E-state index in [0.29, 0.717) is 23.5 Å². The van der Waals surface area contributed by atoms with Crippen molar-refractivity contribution in [1.29, 1.82) is 0 Å². The number of aromatic nitrogens is 2. The summed E-state index contributed by atoms with van der Waals surface area (Å²) in [5.41, 5.74) is 1.85. The fourth-order valence-electron chi connectivity index (χ4n) is 3.53. The van der Waals surface area contributed by atoms with E-state index < -0.39 is 15.8 Å². The number of carbonyl (C=O) groups is 1. The zero-order chi connectivity index (χ0) is 20.6. The fourth-order valence-corrected chi connectivity index (χ4v) is 5.33. The van der Waals surface area contributed by atoms with Gasteiger partial charge in [-0.1, -0.05) is 6.07 Å². The van der Waals surface area contributed by atoms with Gasteiger partial charge >= 0.3 is 0 Å². The maximum absolute atomic E-state index is 13.8. The Hall–Kier alpha value is -2.26. The number of sulfonamides is 1. The highest BCUT2D eigenvalue weighted by Crippen LogP contribution is 2.25. The number of piperazine rings is 1. The second-order valence-electron chi connectivity index (χ2n) is 6.98. The van der Waals surface area contributed by atoms with Crippen LogP contribution in [-0.2, 0) is 16.6 Å². The molecule has 0 spiro atoms. The first-order valence-electron chi connectivity index (χ1n) is 9.26. The van der Waals surface area contributed by atoms with Crippen LogP contribution >= 0.6 is 0 Å². The number of rotatable bonds is 4. The van der Waals surface area contributed by atoms with Gasteiger partial charge in [-0.05, 0) is 45.4 Å². The summed E-state index contributed by atoms with van der Waals surface area (Å²) in [5, 5.41) is 4.30. The Morgan fingerprint density at radius 3 is 2.32 bits per heavy atom. The minimum absolute atomic E-state index is 0.193. The van der Waals surface area contributed by atoms with Crippen molar-refractivity contribution in [3.63, 3.8) is 0 Å². The van der Waals surface area contributed by atoms with Gasteiger partial charge in [0.25, 0.3) is 5.91 Å². The second kappa shape index (κ2) is 7.63. The van der Waals surface area contributed by atoms with Crippen LogP contribution < -0.4 is 0 Å². The molecule has 28 heavy (non-hydrogen) atoms. The molecule has 0 bridgehead atoms. The summed E-state index contributed by atoms with van der Waals surface area (Å²) in [5.74, 6) is -0.715. The normalized spacial score (nSPS) is 15.8. The molecule has 1 aliphatic heterocycles. The predicted molar refractivity (Wildman–Crippen MR) is 103 cm³/mol. The summed E-state index contributed by atoms with van der Waals surface area (Å²) in [6.45, 7) is 8.49. The number of halogens is 1. The number of hydrogen-bond acceptors (Lipinski definition) is 4. The van der Waals surface area contributed by atoms with E-state index in [1.807, 2.05) is 6.92 Å². The lowest BCUT2D eigenvalue weighted by molar-refractivity contribution is 0.0697. The van der Waals surface area contributed by atoms with E-state index >= 15 is 0 Å². The van der Waals surface area contributed by atoms with Crippen molar-refractivity contribution in [2.75, 3.05) is 26.2 Å². The van der Waals surface area contributed by atoms with Gasteiger partial charge in [0, 0.05) is 38.3 Å². The fraction of sp³-hybridized carbons (Fsp3) is 0.474. The standard InChI is InChI=1S/C19H25FN4O3S/c1-5-24-15(4)18(14(3)21-24)28(26,27)23-10-8-22(9-11-23)19(25)16-7-6-13(2)17(20)12-16/h6-7,12H,5,8-11H2,1-4H3. The Kier molecular flexibility index (Phi) is 5.58. The smallest absolute Gasteiger partial charge is 0.254 e. The number of hydrogen-bond donors (Lipinski definition) is 0. The SMILES string of the molecule is CCn1nc(C)c(S(=O)(=O)N2CCN(C(=O)c3ccc(C)c(F)c3)CC2)c1C. The Labute approximate surface area is 164 Å². The van der Waals surface area contributed by atoms with Gasteiger partial charge in [0.15, 0.2) is 0 Å². The van der Waals surface area contributed by atoms with Crippen molar-refractivity contribution in [1.82, 2.24) is 19.0 Å². The van der Waals surface area contributed by atoms with Crippen LogP contribution in [-0.4, -0.2) is 59.5 Å². The molecule has 0 radical (unpaired) electrons. The van der Waals surface area contributed by atoms with Gasteiger partial charge < -0.3 is 4.90 Å². The first kappa shape index (κ1) is 20.5. The van der Waals surface area contributed by atoms with Gasteiger partial charge in [0.2, 0.25) is 10.0 Å². The molecule has 0 atom stereocenters. The maximum atomic E-state index is 13.8. The highest BCUT2D eigenvalue weighted by atomic mass is 32.2. The van der Waals surface area contributed by atoms with Gasteiger partial charge in [-0.25, -0.2) is 12.8 Å². The minimum Gasteiger partial charge on any atom is -0.336 e. The third-order valence-electron chi connectivity index (χ3n) is 5.16. The number of carbonyl (C=O) groups excluding carboxylic acids is 1. The molecule has 0 N–H and O–H groups in total. The number of nitrogens with zero attached hydrogens (tertiary/aromatic N) is 4. The summed E-state index contributed by atoms with van der Waals surface area (Å²) in [6.07, 6.45) is 0. The van der Waals surface area contributed by atoms with Gasteiger partial charge in [0.05, 0.1) is 11.4 Å². The molecule has 1 saturated heterocycles. The predicted octanol–water partition coefficient (Wildman–Crippen LogP) is 2.11. The molecule has 0 saturated carbocycles. The molecule has 1 aromatic heterocycles. The van der Waals surface area contributed by atoms with E-state index in [2.05, 4.69) is 5.10 Å². The molecule has 1 aromatic carbocycles. The Balaban J connectivity index is 1.75. The van der Waals surface area contributed by atoms with E-state index in [-0.39, 0.29) is 42.5 Å². The van der Waals surface area contributed by atoms with E-state index in [1.54, 1.807) is 42.5 Å². The van der Waals surface area contributed by atoms with Crippen molar-refractivity contribution < 1.29 is 17.6 Å². The van der Waals surface area contributed by atoms with Crippen LogP contribution in [0.25, 0.3) is 0 Å². The molecule has 3 rings (SSSR count). The monoisotopic (exact) mass is 408 g/mol. The molecular formula is C19H25FN4O3S. The third kappa shape index (κ3) is 3.56. The molecule has 1 aliphatic rings. The van der Waals surface area contributed by atoms with E-state index in [0.717, 1.165) is 0 Å². The van der Waals surface area contributed by atoms with Gasteiger partial charge in [-0.15, -0.1) is 0 Å². The van der Waals surface area contributed by atoms with Crippen LogP contribution in [0.4, 0.5) is 4.39 Å². The molecule has 2 aromatic rings. The van der Waals surface area contributed by atoms with Gasteiger partial charge in [0.1, 0.15) is 10.7 Å². The summed E-state index contributed by atoms with van der Waals surface area (Å²) in [6, 6.07) is 4.39. The topological polar surface area (TPSA) is 75.5 Å². The number of aryl methyl sites for hydroxylation is 3. The van der Waals surface area contributed by atoms with Crippen LogP contribution in [0.3, 0.4) is 0 Å². The van der Waals surface area contributed by atoms with Crippen LogP contribution in [0.15, 0.2) is 23.1 Å². The van der Waals surface area contributed by atoms with Gasteiger partial charge in [-0.2, -0.15) is 9.40 Å². The second-order valence-corrected chi connectivity index (χ2v) is 8.85. The Morgan fingerprint density at radius 2 is 1.79 bits per heavy atom. The maximum Gasteiger partial charge on any atom is 0.254 e. The number of amides is 1. The summed E-state index contributed by atoms with van der Waals surface area (Å²) in [7, 11) is -3.69. The summed E-state index contributed by atoms with van der Waals surface area (Å²) in [4.78, 5) is 14.4. The van der Waals surface area contributed by atoms with Crippen molar-refractivity contribution in [3.05, 3.63) is 46.5 Å². The average Bonchev–Trinajstić information content (AvgIpc) is 2.97.